The predicted molar refractivity (Wildman–Crippen MR) is 141 cm³/mol. The maximum absolute atomic E-state index is 6.70. The van der Waals surface area contributed by atoms with Gasteiger partial charge in [-0.25, -0.2) is 15.0 Å². The molecule has 2 aromatic heterocycles. The molecule has 9 nitrogen and oxygen atoms in total. The number of rotatable bonds is 8. The van der Waals surface area contributed by atoms with E-state index in [1.165, 1.54) is 0 Å². The molecule has 2 unspecified atom stereocenters. The average molecular weight is 534 g/mol. The highest BCUT2D eigenvalue weighted by atomic mass is 35.5. The first-order valence-electron chi connectivity index (χ1n) is 12.0. The molecule has 0 spiro atoms. The molecule has 0 bridgehead atoms. The van der Waals surface area contributed by atoms with Crippen LogP contribution in [0.25, 0.3) is 22.2 Å². The second-order valence-corrected chi connectivity index (χ2v) is 9.60. The third-order valence-electron chi connectivity index (χ3n) is 6.41. The fourth-order valence-electron chi connectivity index (χ4n) is 4.52. The molecule has 0 aliphatic carbocycles. The Morgan fingerprint density at radius 1 is 1.03 bits per heavy atom. The summed E-state index contributed by atoms with van der Waals surface area (Å²) in [4.78, 5) is 14.3. The van der Waals surface area contributed by atoms with Crippen molar-refractivity contribution in [3.63, 3.8) is 0 Å². The number of pyridine rings is 1. The van der Waals surface area contributed by atoms with Gasteiger partial charge in [-0.1, -0.05) is 23.2 Å². The predicted octanol–water partition coefficient (Wildman–Crippen LogP) is 5.20. The minimum absolute atomic E-state index is 0.119. The van der Waals surface area contributed by atoms with E-state index in [4.69, 9.17) is 52.1 Å². The van der Waals surface area contributed by atoms with Crippen LogP contribution in [-0.2, 0) is 9.47 Å². The number of nitrogens with one attached hydrogen (secondary N) is 2. The molecular weight excluding hydrogens is 505 g/mol. The Kier molecular flexibility index (Phi) is 7.81. The molecule has 0 amide bonds. The number of anilines is 2. The number of fused-ring (bicyclic) bond motifs is 1. The van der Waals surface area contributed by atoms with Gasteiger partial charge in [0.05, 0.1) is 48.7 Å². The second kappa shape index (κ2) is 11.2. The van der Waals surface area contributed by atoms with Crippen LogP contribution in [0.3, 0.4) is 0 Å². The summed E-state index contributed by atoms with van der Waals surface area (Å²) < 4.78 is 22.3. The summed E-state index contributed by atoms with van der Waals surface area (Å²) in [6.45, 7) is 2.81. The molecule has 0 saturated carbocycles. The van der Waals surface area contributed by atoms with Crippen molar-refractivity contribution in [3.8, 4) is 22.8 Å². The smallest absolute Gasteiger partial charge is 0.223 e. The summed E-state index contributed by atoms with van der Waals surface area (Å²) in [7, 11) is 3.08. The Hall–Kier alpha value is -2.59. The molecule has 3 aromatic rings. The lowest BCUT2D eigenvalue weighted by atomic mass is 10.1. The summed E-state index contributed by atoms with van der Waals surface area (Å²) in [6.07, 6.45) is 5.96. The van der Waals surface area contributed by atoms with Gasteiger partial charge >= 0.3 is 0 Å². The van der Waals surface area contributed by atoms with Crippen LogP contribution in [0.15, 0.2) is 18.3 Å². The Bertz CT molecular complexity index is 1200. The van der Waals surface area contributed by atoms with Crippen LogP contribution in [0.5, 0.6) is 11.5 Å². The normalized spacial score (nSPS) is 19.9. The number of nitrogens with zero attached hydrogens (tertiary/aromatic N) is 3. The molecule has 2 N–H and O–H groups in total. The van der Waals surface area contributed by atoms with E-state index in [9.17, 15) is 0 Å². The largest absolute Gasteiger partial charge is 0.495 e. The zero-order valence-electron chi connectivity index (χ0n) is 20.3. The average Bonchev–Trinajstić information content (AvgIpc) is 3.42. The fraction of sp³-hybridized carbons (Fsp3) is 0.480. The van der Waals surface area contributed by atoms with E-state index in [2.05, 4.69) is 15.6 Å². The minimum Gasteiger partial charge on any atom is -0.495 e. The third-order valence-corrected chi connectivity index (χ3v) is 7.16. The van der Waals surface area contributed by atoms with Crippen LogP contribution in [0, 0.1) is 0 Å². The maximum atomic E-state index is 6.70. The van der Waals surface area contributed by atoms with Crippen LogP contribution in [0.2, 0.25) is 10.0 Å². The first-order valence-corrected chi connectivity index (χ1v) is 12.8. The van der Waals surface area contributed by atoms with Crippen LogP contribution in [0.4, 0.5) is 11.8 Å². The van der Waals surface area contributed by atoms with Crippen molar-refractivity contribution in [1.29, 1.82) is 0 Å². The summed E-state index contributed by atoms with van der Waals surface area (Å²) in [5.74, 6) is 2.01. The van der Waals surface area contributed by atoms with E-state index in [1.807, 2.05) is 6.07 Å². The molecule has 2 aliphatic rings. The highest BCUT2D eigenvalue weighted by Gasteiger charge is 2.23. The SMILES string of the molecule is COc1cc(OC)c(Cl)c(-c2cc3cnc(NC4CCCOC4)nc3c(NCC3CCCO3)n2)c1Cl. The molecule has 2 atom stereocenters. The lowest BCUT2D eigenvalue weighted by molar-refractivity contribution is 0.0874. The highest BCUT2D eigenvalue weighted by molar-refractivity contribution is 6.41. The van der Waals surface area contributed by atoms with Gasteiger partial charge in [0, 0.05) is 43.0 Å². The maximum Gasteiger partial charge on any atom is 0.223 e. The molecule has 0 radical (unpaired) electrons. The molecule has 5 rings (SSSR count). The Morgan fingerprint density at radius 2 is 1.81 bits per heavy atom. The van der Waals surface area contributed by atoms with Gasteiger partial charge in [-0.3, -0.25) is 0 Å². The number of methoxy groups -OCH3 is 2. The third kappa shape index (κ3) is 5.25. The van der Waals surface area contributed by atoms with E-state index in [-0.39, 0.29) is 12.1 Å². The van der Waals surface area contributed by atoms with Gasteiger partial charge in [-0.05, 0) is 31.7 Å². The lowest BCUT2D eigenvalue weighted by Crippen LogP contribution is -2.30. The molecule has 192 valence electrons. The van der Waals surface area contributed by atoms with E-state index in [0.717, 1.165) is 44.3 Å². The van der Waals surface area contributed by atoms with Gasteiger partial charge in [-0.15, -0.1) is 0 Å². The molecule has 11 heteroatoms. The molecule has 2 saturated heterocycles. The summed E-state index contributed by atoms with van der Waals surface area (Å²) >= 11 is 13.4. The van der Waals surface area contributed by atoms with Crippen molar-refractivity contribution >= 4 is 45.9 Å². The van der Waals surface area contributed by atoms with E-state index in [1.54, 1.807) is 26.5 Å². The van der Waals surface area contributed by atoms with Crippen molar-refractivity contribution in [3.05, 3.63) is 28.4 Å². The van der Waals surface area contributed by atoms with Crippen LogP contribution in [0.1, 0.15) is 25.7 Å². The second-order valence-electron chi connectivity index (χ2n) is 8.85. The minimum atomic E-state index is 0.119. The summed E-state index contributed by atoms with van der Waals surface area (Å²) in [5, 5.41) is 8.30. The first kappa shape index (κ1) is 25.1. The van der Waals surface area contributed by atoms with Crippen LogP contribution >= 0.6 is 23.2 Å². The number of hydrogen-bond acceptors (Lipinski definition) is 9. The highest BCUT2D eigenvalue weighted by Crippen LogP contribution is 2.46. The zero-order chi connectivity index (χ0) is 25.1. The Labute approximate surface area is 219 Å². The Balaban J connectivity index is 1.58. The molecular formula is C25H29Cl2N5O4. The quantitative estimate of drug-likeness (QED) is 0.404. The molecule has 2 aliphatic heterocycles. The van der Waals surface area contributed by atoms with Crippen LogP contribution < -0.4 is 20.1 Å². The van der Waals surface area contributed by atoms with E-state index in [0.29, 0.717) is 63.2 Å². The van der Waals surface area contributed by atoms with Crippen molar-refractivity contribution in [2.45, 2.75) is 37.8 Å². The van der Waals surface area contributed by atoms with Crippen molar-refractivity contribution in [2.24, 2.45) is 0 Å². The standard InChI is InChI=1S/C25H29Cl2N5O4/c1-33-18-10-19(34-2)22(27)20(21(18)26)17-9-14-11-29-25(30-15-5-3-7-35-13-15)32-23(14)24(31-17)28-12-16-6-4-8-36-16/h9-11,15-16H,3-8,12-13H2,1-2H3,(H,28,31)(H,29,30,32). The molecule has 4 heterocycles. The van der Waals surface area contributed by atoms with Gasteiger partial charge < -0.3 is 29.6 Å². The van der Waals surface area contributed by atoms with Gasteiger partial charge in [0.1, 0.15) is 17.0 Å². The van der Waals surface area contributed by atoms with Gasteiger partial charge in [-0.2, -0.15) is 0 Å². The van der Waals surface area contributed by atoms with Gasteiger partial charge in [0.25, 0.3) is 0 Å². The van der Waals surface area contributed by atoms with E-state index < -0.39 is 0 Å². The lowest BCUT2D eigenvalue weighted by Gasteiger charge is -2.23. The molecule has 36 heavy (non-hydrogen) atoms. The van der Waals surface area contributed by atoms with Gasteiger partial charge in [0.15, 0.2) is 5.82 Å². The number of ether oxygens (including phenoxy) is 4. The number of benzene rings is 1. The Morgan fingerprint density at radius 3 is 2.47 bits per heavy atom. The monoisotopic (exact) mass is 533 g/mol. The van der Waals surface area contributed by atoms with Crippen molar-refractivity contribution < 1.29 is 18.9 Å². The van der Waals surface area contributed by atoms with E-state index >= 15 is 0 Å². The fourth-order valence-corrected chi connectivity index (χ4v) is 5.22. The summed E-state index contributed by atoms with van der Waals surface area (Å²) in [6, 6.07) is 3.70. The molecule has 1 aromatic carbocycles. The van der Waals surface area contributed by atoms with Crippen molar-refractivity contribution in [1.82, 2.24) is 15.0 Å². The van der Waals surface area contributed by atoms with Crippen LogP contribution in [-0.4, -0.2) is 67.7 Å². The number of hydrogen-bond donors (Lipinski definition) is 2. The van der Waals surface area contributed by atoms with Gasteiger partial charge in [0.2, 0.25) is 5.95 Å². The van der Waals surface area contributed by atoms with Crippen molar-refractivity contribution in [2.75, 3.05) is 51.2 Å². The molecule has 2 fully saturated rings. The number of aromatic nitrogens is 3. The topological polar surface area (TPSA) is 99.7 Å². The zero-order valence-corrected chi connectivity index (χ0v) is 21.8. The number of halogens is 2. The summed E-state index contributed by atoms with van der Waals surface area (Å²) in [5.41, 5.74) is 1.75. The first-order chi connectivity index (χ1) is 17.6.